The Morgan fingerprint density at radius 1 is 1.19 bits per heavy atom. The molecule has 0 spiro atoms. The minimum Gasteiger partial charge on any atom is -0.489 e. The number of ether oxygens (including phenoxy) is 1. The Balaban J connectivity index is 1.43. The van der Waals surface area contributed by atoms with Crippen molar-refractivity contribution in [2.24, 2.45) is 5.92 Å². The lowest BCUT2D eigenvalue weighted by Crippen LogP contribution is -2.57. The van der Waals surface area contributed by atoms with Gasteiger partial charge < -0.3 is 19.4 Å². The zero-order chi connectivity index (χ0) is 30.5. The van der Waals surface area contributed by atoms with Crippen LogP contribution in [-0.4, -0.2) is 95.0 Å². The van der Waals surface area contributed by atoms with E-state index in [9.17, 15) is 14.9 Å². The average Bonchev–Trinajstić information content (AvgIpc) is 3.25. The van der Waals surface area contributed by atoms with Crippen molar-refractivity contribution in [1.29, 1.82) is 5.26 Å². The molecule has 2 amide bonds. The maximum atomic E-state index is 15.2. The zero-order valence-corrected chi connectivity index (χ0v) is 25.3. The molecule has 4 aliphatic rings. The summed E-state index contributed by atoms with van der Waals surface area (Å²) in [6.07, 6.45) is 3.79. The van der Waals surface area contributed by atoms with Crippen molar-refractivity contribution in [3.8, 4) is 23.1 Å². The van der Waals surface area contributed by atoms with Gasteiger partial charge in [0.1, 0.15) is 28.8 Å². The largest absolute Gasteiger partial charge is 0.489 e. The lowest BCUT2D eigenvalue weighted by molar-refractivity contribution is -0.128. The third-order valence-electron chi connectivity index (χ3n) is 9.41. The highest BCUT2D eigenvalue weighted by Gasteiger charge is 2.47. The molecule has 0 aliphatic carbocycles. The van der Waals surface area contributed by atoms with Gasteiger partial charge in [-0.2, -0.15) is 5.26 Å². The molecule has 0 N–H and O–H groups in total. The summed E-state index contributed by atoms with van der Waals surface area (Å²) in [5.41, 5.74) is 0.329. The molecule has 5 heterocycles. The number of pyridine rings is 1. The summed E-state index contributed by atoms with van der Waals surface area (Å²) in [4.78, 5) is 39.8. The second-order valence-electron chi connectivity index (χ2n) is 12.5. The molecule has 226 valence electrons. The van der Waals surface area contributed by atoms with Crippen molar-refractivity contribution in [3.05, 3.63) is 53.3 Å². The summed E-state index contributed by atoms with van der Waals surface area (Å²) in [6, 6.07) is 8.52. The Morgan fingerprint density at radius 3 is 2.63 bits per heavy atom. The van der Waals surface area contributed by atoms with E-state index in [1.807, 2.05) is 0 Å². The lowest BCUT2D eigenvalue weighted by Gasteiger charge is -2.40. The van der Waals surface area contributed by atoms with Crippen LogP contribution in [0, 0.1) is 23.1 Å². The predicted octanol–water partition coefficient (Wildman–Crippen LogP) is 4.37. The van der Waals surface area contributed by atoms with E-state index in [1.54, 1.807) is 28.0 Å². The van der Waals surface area contributed by atoms with Crippen molar-refractivity contribution in [1.82, 2.24) is 19.7 Å². The number of likely N-dealkylation sites (tertiary alicyclic amines) is 1. The maximum absolute atomic E-state index is 15.2. The SMILES string of the molecule is C=CC(=O)N1CCN2C(=O)c3c(N4CC(N5CCC(C#N)CC5)CC4(C)C)nc(-c4ccccc4F)c(Cl)c3OC[C@H]2C1. The number of carbonyl (C=O) groups excluding carboxylic acids is 2. The van der Waals surface area contributed by atoms with E-state index < -0.39 is 5.82 Å². The number of piperidine rings is 1. The number of piperazine rings is 1. The van der Waals surface area contributed by atoms with Crippen LogP contribution in [0.2, 0.25) is 5.02 Å². The second-order valence-corrected chi connectivity index (χ2v) is 12.8. The predicted molar refractivity (Wildman–Crippen MR) is 161 cm³/mol. The van der Waals surface area contributed by atoms with Gasteiger partial charge in [0.2, 0.25) is 5.91 Å². The molecule has 3 fully saturated rings. The third-order valence-corrected chi connectivity index (χ3v) is 9.76. The first kappa shape index (κ1) is 29.4. The molecular formula is C32H36ClFN6O3. The van der Waals surface area contributed by atoms with Crippen molar-refractivity contribution in [3.63, 3.8) is 0 Å². The summed E-state index contributed by atoms with van der Waals surface area (Å²) in [5.74, 6) is -0.227. The fourth-order valence-corrected chi connectivity index (χ4v) is 7.32. The molecule has 4 aliphatic heterocycles. The van der Waals surface area contributed by atoms with E-state index in [4.69, 9.17) is 21.3 Å². The number of aromatic nitrogens is 1. The molecule has 43 heavy (non-hydrogen) atoms. The first-order chi connectivity index (χ1) is 20.6. The maximum Gasteiger partial charge on any atom is 0.261 e. The van der Waals surface area contributed by atoms with Crippen LogP contribution >= 0.6 is 11.6 Å². The fraction of sp³-hybridized carbons (Fsp3) is 0.500. The number of nitriles is 1. The number of hydrogen-bond donors (Lipinski definition) is 0. The minimum atomic E-state index is -0.474. The molecule has 0 bridgehead atoms. The van der Waals surface area contributed by atoms with Crippen molar-refractivity contribution in [2.75, 3.05) is 50.8 Å². The monoisotopic (exact) mass is 606 g/mol. The van der Waals surface area contributed by atoms with Crippen LogP contribution in [0.15, 0.2) is 36.9 Å². The molecule has 11 heteroatoms. The molecule has 9 nitrogen and oxygen atoms in total. The number of fused-ring (bicyclic) bond motifs is 2. The number of nitrogens with zero attached hydrogens (tertiary/aromatic N) is 6. The molecule has 6 rings (SSSR count). The Bertz CT molecular complexity index is 1500. The molecule has 1 aromatic carbocycles. The molecule has 0 radical (unpaired) electrons. The molecule has 3 saturated heterocycles. The number of rotatable bonds is 4. The van der Waals surface area contributed by atoms with Gasteiger partial charge in [-0.15, -0.1) is 0 Å². The number of hydrogen-bond acceptors (Lipinski definition) is 7. The highest BCUT2D eigenvalue weighted by Crippen LogP contribution is 2.47. The number of anilines is 1. The third kappa shape index (κ3) is 5.23. The molecular weight excluding hydrogens is 571 g/mol. The topological polar surface area (TPSA) is 93.0 Å². The number of carbonyl (C=O) groups is 2. The van der Waals surface area contributed by atoms with Crippen LogP contribution in [0.5, 0.6) is 5.75 Å². The smallest absolute Gasteiger partial charge is 0.261 e. The van der Waals surface area contributed by atoms with Gasteiger partial charge in [0.15, 0.2) is 5.75 Å². The van der Waals surface area contributed by atoms with Crippen molar-refractivity contribution in [2.45, 2.75) is 50.7 Å². The molecule has 0 saturated carbocycles. The molecule has 2 aromatic rings. The van der Waals surface area contributed by atoms with Crippen LogP contribution in [-0.2, 0) is 4.79 Å². The van der Waals surface area contributed by atoms with E-state index in [0.29, 0.717) is 32.0 Å². The highest BCUT2D eigenvalue weighted by atomic mass is 35.5. The van der Waals surface area contributed by atoms with Crippen LogP contribution in [0.25, 0.3) is 11.3 Å². The van der Waals surface area contributed by atoms with Gasteiger partial charge >= 0.3 is 0 Å². The standard InChI is InChI=1S/C32H36ClFN6O3/c1-4-25(41)38-13-14-39-22(17-38)19-43-29-26(31(39)42)30(36-28(27(29)33)23-7-5-6-8-24(23)34)40-18-21(15-32(40,2)3)37-11-9-20(16-35)10-12-37/h4-8,20-22H,1,9-15,17-19H2,2-3H3/t21?,22-/m1/s1. The van der Waals surface area contributed by atoms with Gasteiger partial charge in [0.05, 0.1) is 17.8 Å². The summed E-state index contributed by atoms with van der Waals surface area (Å²) < 4.78 is 21.5. The van der Waals surface area contributed by atoms with E-state index in [1.165, 1.54) is 12.1 Å². The molecule has 1 aromatic heterocycles. The first-order valence-corrected chi connectivity index (χ1v) is 15.3. The minimum absolute atomic E-state index is 0.0863. The van der Waals surface area contributed by atoms with Gasteiger partial charge in [0.25, 0.3) is 5.91 Å². The Labute approximate surface area is 256 Å². The van der Waals surface area contributed by atoms with Crippen molar-refractivity contribution >= 4 is 29.2 Å². The highest BCUT2D eigenvalue weighted by molar-refractivity contribution is 6.35. The Kier molecular flexibility index (Phi) is 7.82. The van der Waals surface area contributed by atoms with Gasteiger partial charge in [-0.3, -0.25) is 14.5 Å². The summed E-state index contributed by atoms with van der Waals surface area (Å²) >= 11 is 6.94. The molecule has 2 atom stereocenters. The summed E-state index contributed by atoms with van der Waals surface area (Å²) in [6.45, 7) is 11.3. The van der Waals surface area contributed by atoms with E-state index in [-0.39, 0.29) is 69.6 Å². The Hall–Kier alpha value is -3.68. The summed E-state index contributed by atoms with van der Waals surface area (Å²) in [7, 11) is 0. The number of amides is 2. The quantitative estimate of drug-likeness (QED) is 0.477. The normalized spacial score (nSPS) is 24.1. The van der Waals surface area contributed by atoms with E-state index in [0.717, 1.165) is 32.4 Å². The zero-order valence-electron chi connectivity index (χ0n) is 24.6. The van der Waals surface area contributed by atoms with Gasteiger partial charge in [-0.1, -0.05) is 30.3 Å². The number of halogens is 2. The van der Waals surface area contributed by atoms with E-state index >= 15 is 4.39 Å². The van der Waals surface area contributed by atoms with Crippen LogP contribution in [0.3, 0.4) is 0 Å². The fourth-order valence-electron chi connectivity index (χ4n) is 7.02. The lowest BCUT2D eigenvalue weighted by atomic mass is 9.94. The van der Waals surface area contributed by atoms with Crippen molar-refractivity contribution < 1.29 is 18.7 Å². The van der Waals surface area contributed by atoms with Crippen LogP contribution < -0.4 is 9.64 Å². The van der Waals surface area contributed by atoms with Gasteiger partial charge in [-0.05, 0) is 64.4 Å². The second kappa shape index (κ2) is 11.4. The van der Waals surface area contributed by atoms with Gasteiger partial charge in [0, 0.05) is 49.2 Å². The van der Waals surface area contributed by atoms with Crippen LogP contribution in [0.4, 0.5) is 10.2 Å². The first-order valence-electron chi connectivity index (χ1n) is 14.9. The van der Waals surface area contributed by atoms with Gasteiger partial charge in [-0.25, -0.2) is 9.37 Å². The Morgan fingerprint density at radius 2 is 1.93 bits per heavy atom. The molecule has 1 unspecified atom stereocenters. The summed E-state index contributed by atoms with van der Waals surface area (Å²) in [5, 5.41) is 9.47. The van der Waals surface area contributed by atoms with Crippen LogP contribution in [0.1, 0.15) is 43.5 Å². The number of benzene rings is 1. The van der Waals surface area contributed by atoms with E-state index in [2.05, 4.69) is 36.3 Å². The average molecular weight is 607 g/mol.